The Morgan fingerprint density at radius 3 is 1.60 bits per heavy atom. The third kappa shape index (κ3) is 13.0. The predicted octanol–water partition coefficient (Wildman–Crippen LogP) is 7.06. The standard InChI is InChI=1S/2C12H23F3O4SSi/c1-21(2,3)19-11(12(13,14)15)7-4-5-10(9-11)6-8-20(16,17)18;1-5-20(16,17)18-10-7-6-8-11(9-10,12(13,14)15)19-21(2,3)4/h10H,4-9H2,1-3H3,(H,16,17,18);10H,5-9H2,1-4H3. The van der Waals surface area contributed by atoms with Crippen LogP contribution in [0.3, 0.4) is 0 Å². The van der Waals surface area contributed by atoms with E-state index in [2.05, 4.69) is 0 Å². The number of hydrogen-bond acceptors (Lipinski definition) is 7. The van der Waals surface area contributed by atoms with Gasteiger partial charge in [0, 0.05) is 6.42 Å². The lowest BCUT2D eigenvalue weighted by molar-refractivity contribution is -0.268. The van der Waals surface area contributed by atoms with E-state index in [0.717, 1.165) is 0 Å². The molecule has 1 N–H and O–H groups in total. The molecule has 0 aromatic heterocycles. The second-order valence-electron chi connectivity index (χ2n) is 13.1. The largest absolute Gasteiger partial charge is 0.416 e. The van der Waals surface area contributed by atoms with Crippen molar-refractivity contribution in [2.45, 2.75) is 134 Å². The lowest BCUT2D eigenvalue weighted by atomic mass is 9.76. The Hall–Kier alpha value is -0.246. The molecule has 18 heteroatoms. The molecule has 2 saturated carbocycles. The van der Waals surface area contributed by atoms with Crippen molar-refractivity contribution in [1.29, 1.82) is 0 Å². The number of alkyl halides is 6. The fourth-order valence-corrected chi connectivity index (χ4v) is 9.73. The number of halogens is 6. The maximum atomic E-state index is 13.5. The van der Waals surface area contributed by atoms with E-state index in [-0.39, 0.29) is 37.9 Å². The molecule has 2 aliphatic rings. The van der Waals surface area contributed by atoms with Gasteiger partial charge in [-0.25, -0.2) is 0 Å². The molecule has 0 aliphatic heterocycles. The van der Waals surface area contributed by atoms with E-state index >= 15 is 0 Å². The first kappa shape index (κ1) is 39.8. The molecule has 0 aromatic rings. The average Bonchev–Trinajstić information content (AvgIpc) is 2.74. The molecule has 0 spiro atoms. The van der Waals surface area contributed by atoms with Crippen molar-refractivity contribution in [3.05, 3.63) is 0 Å². The van der Waals surface area contributed by atoms with Crippen LogP contribution in [0, 0.1) is 5.92 Å². The van der Waals surface area contributed by atoms with Gasteiger partial charge in [0.2, 0.25) is 0 Å². The highest BCUT2D eigenvalue weighted by atomic mass is 32.2. The summed E-state index contributed by atoms with van der Waals surface area (Å²) in [4.78, 5) is 0. The van der Waals surface area contributed by atoms with Crippen molar-refractivity contribution in [3.63, 3.8) is 0 Å². The van der Waals surface area contributed by atoms with Crippen LogP contribution >= 0.6 is 0 Å². The molecular weight excluding hydrogens is 651 g/mol. The van der Waals surface area contributed by atoms with Crippen molar-refractivity contribution in [2.75, 3.05) is 11.5 Å². The van der Waals surface area contributed by atoms with Crippen LogP contribution in [0.5, 0.6) is 0 Å². The van der Waals surface area contributed by atoms with Crippen LogP contribution in [-0.4, -0.2) is 79.2 Å². The van der Waals surface area contributed by atoms with Crippen molar-refractivity contribution in [2.24, 2.45) is 5.92 Å². The van der Waals surface area contributed by atoms with Crippen LogP contribution in [0.15, 0.2) is 0 Å². The van der Waals surface area contributed by atoms with E-state index in [1.165, 1.54) is 6.92 Å². The first-order valence-corrected chi connectivity index (χ1v) is 23.9. The highest BCUT2D eigenvalue weighted by molar-refractivity contribution is 7.86. The summed E-state index contributed by atoms with van der Waals surface area (Å²) in [6.45, 7) is 11.6. The molecule has 0 heterocycles. The Morgan fingerprint density at radius 2 is 1.21 bits per heavy atom. The summed E-state index contributed by atoms with van der Waals surface area (Å²) >= 11 is 0. The Kier molecular flexibility index (Phi) is 13.3. The lowest BCUT2D eigenvalue weighted by Crippen LogP contribution is -2.56. The van der Waals surface area contributed by atoms with E-state index in [9.17, 15) is 43.2 Å². The fraction of sp³-hybridized carbons (Fsp3) is 1.00. The summed E-state index contributed by atoms with van der Waals surface area (Å²) in [5.74, 6) is -1.16. The second-order valence-corrected chi connectivity index (χ2v) is 25.4. The zero-order valence-electron chi connectivity index (χ0n) is 25.3. The molecule has 0 bridgehead atoms. The SMILES string of the molecule is CCS(=O)(=O)OC1CCCC(O[Si](C)(C)C)(C(F)(F)F)C1.C[Si](C)(C)OC1(C(F)(F)F)CCCC(CCS(=O)(=O)O)C1. The molecule has 0 aromatic carbocycles. The van der Waals surface area contributed by atoms with Crippen LogP contribution < -0.4 is 0 Å². The van der Waals surface area contributed by atoms with Crippen molar-refractivity contribution >= 4 is 36.9 Å². The zero-order valence-corrected chi connectivity index (χ0v) is 29.0. The van der Waals surface area contributed by atoms with E-state index in [0.29, 0.717) is 19.3 Å². The fourth-order valence-electron chi connectivity index (χ4n) is 5.44. The summed E-state index contributed by atoms with van der Waals surface area (Å²) in [6.07, 6.45) is -9.45. The zero-order chi connectivity index (χ0) is 33.1. The van der Waals surface area contributed by atoms with E-state index < -0.39 is 84.6 Å². The van der Waals surface area contributed by atoms with E-state index in [1.54, 1.807) is 39.3 Å². The van der Waals surface area contributed by atoms with Gasteiger partial charge in [0.15, 0.2) is 27.8 Å². The highest BCUT2D eigenvalue weighted by Gasteiger charge is 2.60. The summed E-state index contributed by atoms with van der Waals surface area (Å²) in [7, 11) is -12.8. The summed E-state index contributed by atoms with van der Waals surface area (Å²) in [5, 5.41) is 0. The van der Waals surface area contributed by atoms with Crippen molar-refractivity contribution in [1.82, 2.24) is 0 Å². The average molecular weight is 697 g/mol. The Labute approximate surface area is 248 Å². The van der Waals surface area contributed by atoms with E-state index in [1.807, 2.05) is 0 Å². The maximum Gasteiger partial charge on any atom is 0.416 e. The molecule has 0 saturated heterocycles. The molecule has 2 rings (SSSR count). The molecule has 4 atom stereocenters. The Bertz CT molecular complexity index is 1090. The monoisotopic (exact) mass is 696 g/mol. The topological polar surface area (TPSA) is 116 Å². The van der Waals surface area contributed by atoms with Gasteiger partial charge in [0.25, 0.3) is 20.2 Å². The molecule has 0 amide bonds. The molecule has 2 fully saturated rings. The second kappa shape index (κ2) is 14.0. The Morgan fingerprint density at radius 1 is 0.786 bits per heavy atom. The molecule has 252 valence electrons. The maximum absolute atomic E-state index is 13.5. The molecule has 2 aliphatic carbocycles. The lowest BCUT2D eigenvalue weighted by Gasteiger charge is -2.45. The molecule has 4 unspecified atom stereocenters. The molecular formula is C24H46F6O8S2Si2. The van der Waals surface area contributed by atoms with Crippen LogP contribution in [0.25, 0.3) is 0 Å². The minimum Gasteiger partial charge on any atom is -0.404 e. The van der Waals surface area contributed by atoms with Gasteiger partial charge in [-0.15, -0.1) is 0 Å². The smallest absolute Gasteiger partial charge is 0.404 e. The quantitative estimate of drug-likeness (QED) is 0.112. The van der Waals surface area contributed by atoms with Crippen LogP contribution in [0.2, 0.25) is 39.3 Å². The van der Waals surface area contributed by atoms with Gasteiger partial charge in [-0.2, -0.15) is 43.2 Å². The van der Waals surface area contributed by atoms with Crippen LogP contribution in [0.1, 0.15) is 64.7 Å². The van der Waals surface area contributed by atoms with Crippen molar-refractivity contribution in [3.8, 4) is 0 Å². The van der Waals surface area contributed by atoms with Gasteiger partial charge in [0.05, 0.1) is 17.6 Å². The normalized spacial score (nSPS) is 28.6. The summed E-state index contributed by atoms with van der Waals surface area (Å²) < 4.78 is 150. The first-order chi connectivity index (χ1) is 18.5. The van der Waals surface area contributed by atoms with Gasteiger partial charge in [-0.05, 0) is 97.1 Å². The van der Waals surface area contributed by atoms with Gasteiger partial charge >= 0.3 is 12.4 Å². The summed E-state index contributed by atoms with van der Waals surface area (Å²) in [5.41, 5.74) is -4.46. The highest BCUT2D eigenvalue weighted by Crippen LogP contribution is 2.49. The number of hydrogen-bond donors (Lipinski definition) is 1. The summed E-state index contributed by atoms with van der Waals surface area (Å²) in [6, 6.07) is 0. The number of rotatable bonds is 10. The van der Waals surface area contributed by atoms with Gasteiger partial charge in [-0.3, -0.25) is 8.74 Å². The van der Waals surface area contributed by atoms with Crippen LogP contribution in [0.4, 0.5) is 26.3 Å². The molecule has 8 nitrogen and oxygen atoms in total. The molecule has 0 radical (unpaired) electrons. The minimum atomic E-state index is -4.54. The first-order valence-electron chi connectivity index (χ1n) is 13.9. The van der Waals surface area contributed by atoms with Gasteiger partial charge in [-0.1, -0.05) is 6.42 Å². The van der Waals surface area contributed by atoms with Gasteiger partial charge in [0.1, 0.15) is 0 Å². The van der Waals surface area contributed by atoms with Crippen molar-refractivity contribution < 1.29 is 60.8 Å². The molecule has 42 heavy (non-hydrogen) atoms. The van der Waals surface area contributed by atoms with Gasteiger partial charge < -0.3 is 8.85 Å². The third-order valence-electron chi connectivity index (χ3n) is 6.93. The minimum absolute atomic E-state index is 0.0335. The Balaban J connectivity index is 0.000000420. The predicted molar refractivity (Wildman–Crippen MR) is 152 cm³/mol. The van der Waals surface area contributed by atoms with Crippen LogP contribution in [-0.2, 0) is 33.3 Å². The van der Waals surface area contributed by atoms with E-state index in [4.69, 9.17) is 17.6 Å². The third-order valence-corrected chi connectivity index (χ3v) is 11.0.